The molecule has 7 heteroatoms. The number of ether oxygens (including phenoxy) is 1. The molecule has 0 aliphatic rings. The van der Waals surface area contributed by atoms with Gasteiger partial charge in [-0.15, -0.1) is 10.2 Å². The van der Waals surface area contributed by atoms with E-state index in [1.165, 1.54) is 0 Å². The Morgan fingerprint density at radius 2 is 1.74 bits per heavy atom. The molecule has 6 nitrogen and oxygen atoms in total. The van der Waals surface area contributed by atoms with Crippen molar-refractivity contribution in [3.63, 3.8) is 0 Å². The van der Waals surface area contributed by atoms with Crippen LogP contribution in [0.2, 0.25) is 5.02 Å². The Kier molecular flexibility index (Phi) is 4.25. The van der Waals surface area contributed by atoms with Crippen molar-refractivity contribution in [3.8, 4) is 17.0 Å². The maximum Gasteiger partial charge on any atom is 0.292 e. The molecule has 0 fully saturated rings. The number of azo groups is 1. The Hall–Kier alpha value is -2.86. The Morgan fingerprint density at radius 1 is 1.00 bits per heavy atom. The number of nitrogens with zero attached hydrogens (tertiary/aromatic N) is 2. The molecule has 3 rings (SSSR count). The third-order valence-electron chi connectivity index (χ3n) is 3.24. The molecule has 0 spiro atoms. The normalized spacial score (nSPS) is 11.0. The number of rotatable bonds is 4. The number of para-hydroxylation sites is 1. The lowest BCUT2D eigenvalue weighted by Gasteiger charge is -2.06. The van der Waals surface area contributed by atoms with Crippen LogP contribution in [0.25, 0.3) is 11.3 Å². The number of nitrogens with one attached hydrogen (secondary N) is 2. The van der Waals surface area contributed by atoms with Gasteiger partial charge in [-0.3, -0.25) is 15.0 Å². The number of hydrogen-bond donors (Lipinski definition) is 2. The molecule has 0 amide bonds. The molecule has 0 aliphatic heterocycles. The number of halogens is 1. The Bertz CT molecular complexity index is 914. The summed E-state index contributed by atoms with van der Waals surface area (Å²) in [6.07, 6.45) is 0. The van der Waals surface area contributed by atoms with Crippen molar-refractivity contribution in [1.29, 1.82) is 0 Å². The number of H-pyrrole nitrogens is 2. The molecule has 2 N–H and O–H groups in total. The van der Waals surface area contributed by atoms with Crippen LogP contribution in [0.1, 0.15) is 0 Å². The lowest BCUT2D eigenvalue weighted by molar-refractivity contribution is 0.416. The summed E-state index contributed by atoms with van der Waals surface area (Å²) in [6.45, 7) is 0. The van der Waals surface area contributed by atoms with Gasteiger partial charge in [-0.2, -0.15) is 0 Å². The van der Waals surface area contributed by atoms with Gasteiger partial charge in [0.1, 0.15) is 11.4 Å². The molecule has 0 bridgehead atoms. The van der Waals surface area contributed by atoms with E-state index in [-0.39, 0.29) is 11.2 Å². The summed E-state index contributed by atoms with van der Waals surface area (Å²) in [7, 11) is 1.56. The van der Waals surface area contributed by atoms with Gasteiger partial charge < -0.3 is 4.74 Å². The van der Waals surface area contributed by atoms with E-state index in [1.54, 1.807) is 37.4 Å². The third kappa shape index (κ3) is 3.02. The van der Waals surface area contributed by atoms with Gasteiger partial charge in [0, 0.05) is 5.56 Å². The molecule has 0 unspecified atom stereocenters. The van der Waals surface area contributed by atoms with Crippen LogP contribution in [0.5, 0.6) is 5.75 Å². The number of aromatic nitrogens is 2. The molecular weight excluding hydrogens is 316 g/mol. The molecule has 23 heavy (non-hydrogen) atoms. The van der Waals surface area contributed by atoms with Crippen molar-refractivity contribution >= 4 is 23.0 Å². The van der Waals surface area contributed by atoms with Crippen LogP contribution in [-0.2, 0) is 0 Å². The van der Waals surface area contributed by atoms with Crippen LogP contribution >= 0.6 is 11.6 Å². The summed E-state index contributed by atoms with van der Waals surface area (Å²) in [5.41, 5.74) is 1.49. The van der Waals surface area contributed by atoms with E-state index in [0.29, 0.717) is 27.7 Å². The first-order valence-electron chi connectivity index (χ1n) is 6.81. The van der Waals surface area contributed by atoms with Gasteiger partial charge in [-0.25, -0.2) is 0 Å². The Balaban J connectivity index is 2.07. The van der Waals surface area contributed by atoms with E-state index in [1.807, 2.05) is 18.2 Å². The minimum absolute atomic E-state index is 0.161. The number of benzene rings is 2. The lowest BCUT2D eigenvalue weighted by atomic mass is 10.1. The van der Waals surface area contributed by atoms with Crippen molar-refractivity contribution in [2.24, 2.45) is 10.2 Å². The van der Waals surface area contributed by atoms with Crippen LogP contribution in [0, 0.1) is 0 Å². The zero-order valence-electron chi connectivity index (χ0n) is 12.2. The van der Waals surface area contributed by atoms with Gasteiger partial charge in [0.15, 0.2) is 5.69 Å². The highest BCUT2D eigenvalue weighted by atomic mass is 35.5. The van der Waals surface area contributed by atoms with Crippen LogP contribution in [-0.4, -0.2) is 17.3 Å². The topological polar surface area (TPSA) is 82.6 Å². The van der Waals surface area contributed by atoms with Crippen LogP contribution in [0.15, 0.2) is 63.6 Å². The van der Waals surface area contributed by atoms with Crippen molar-refractivity contribution < 1.29 is 4.74 Å². The first-order valence-corrected chi connectivity index (χ1v) is 7.19. The molecule has 116 valence electrons. The second-order valence-corrected chi connectivity index (χ2v) is 5.06. The fraction of sp³-hybridized carbons (Fsp3) is 0.0625. The van der Waals surface area contributed by atoms with Gasteiger partial charge in [-0.05, 0) is 24.3 Å². The predicted octanol–water partition coefficient (Wildman–Crippen LogP) is 4.45. The van der Waals surface area contributed by atoms with Crippen LogP contribution in [0.3, 0.4) is 0 Å². The third-order valence-corrected chi connectivity index (χ3v) is 3.56. The number of aromatic amines is 2. The quantitative estimate of drug-likeness (QED) is 0.694. The lowest BCUT2D eigenvalue weighted by Crippen LogP contribution is -1.96. The highest BCUT2D eigenvalue weighted by Crippen LogP contribution is 2.34. The first kappa shape index (κ1) is 15.1. The fourth-order valence-electron chi connectivity index (χ4n) is 2.13. The molecular formula is C16H13ClN4O2. The van der Waals surface area contributed by atoms with Crippen LogP contribution in [0.4, 0.5) is 11.4 Å². The molecule has 0 saturated heterocycles. The van der Waals surface area contributed by atoms with Gasteiger partial charge in [0.05, 0.1) is 17.8 Å². The van der Waals surface area contributed by atoms with E-state index in [2.05, 4.69) is 20.4 Å². The molecule has 1 aromatic heterocycles. The molecule has 0 radical (unpaired) electrons. The largest absolute Gasteiger partial charge is 0.496 e. The minimum Gasteiger partial charge on any atom is -0.496 e. The van der Waals surface area contributed by atoms with Crippen molar-refractivity contribution in [1.82, 2.24) is 10.2 Å². The van der Waals surface area contributed by atoms with Gasteiger partial charge in [-0.1, -0.05) is 35.9 Å². The zero-order chi connectivity index (χ0) is 16.2. The predicted molar refractivity (Wildman–Crippen MR) is 89.0 cm³/mol. The summed E-state index contributed by atoms with van der Waals surface area (Å²) in [5.74, 6) is 0.622. The Morgan fingerprint density at radius 3 is 2.52 bits per heavy atom. The molecule has 3 aromatic rings. The van der Waals surface area contributed by atoms with Gasteiger partial charge >= 0.3 is 0 Å². The Labute approximate surface area is 136 Å². The second-order valence-electron chi connectivity index (χ2n) is 4.65. The summed E-state index contributed by atoms with van der Waals surface area (Å²) in [6, 6.07) is 14.3. The maximum absolute atomic E-state index is 12.0. The van der Waals surface area contributed by atoms with Gasteiger partial charge in [0.25, 0.3) is 5.56 Å². The molecule has 2 aromatic carbocycles. The van der Waals surface area contributed by atoms with E-state index >= 15 is 0 Å². The van der Waals surface area contributed by atoms with E-state index in [0.717, 1.165) is 0 Å². The molecule has 0 atom stereocenters. The van der Waals surface area contributed by atoms with Gasteiger partial charge in [0.2, 0.25) is 0 Å². The van der Waals surface area contributed by atoms with E-state index in [4.69, 9.17) is 16.3 Å². The maximum atomic E-state index is 12.0. The monoisotopic (exact) mass is 328 g/mol. The second kappa shape index (κ2) is 6.50. The fourth-order valence-corrected chi connectivity index (χ4v) is 2.30. The van der Waals surface area contributed by atoms with Crippen LogP contribution < -0.4 is 10.3 Å². The highest BCUT2D eigenvalue weighted by molar-refractivity contribution is 6.32. The number of hydrogen-bond acceptors (Lipinski definition) is 4. The number of methoxy groups -OCH3 is 1. The van der Waals surface area contributed by atoms with Crippen molar-refractivity contribution in [3.05, 3.63) is 63.9 Å². The minimum atomic E-state index is -0.373. The zero-order valence-corrected chi connectivity index (χ0v) is 13.0. The highest BCUT2D eigenvalue weighted by Gasteiger charge is 2.15. The molecule has 0 aliphatic carbocycles. The molecule has 1 heterocycles. The summed E-state index contributed by atoms with van der Waals surface area (Å²) in [4.78, 5) is 12.0. The van der Waals surface area contributed by atoms with Crippen molar-refractivity contribution in [2.75, 3.05) is 7.11 Å². The average Bonchev–Trinajstić information content (AvgIpc) is 2.95. The standard InChI is InChI=1S/C16H13ClN4O2/c1-23-13-9-5-2-6-10(13)14-15(16(22)21-19-14)20-18-12-8-4-3-7-11(12)17/h2-9H,1H3,(H2,19,21,22). The summed E-state index contributed by atoms with van der Waals surface area (Å²) < 4.78 is 5.32. The summed E-state index contributed by atoms with van der Waals surface area (Å²) in [5, 5.41) is 13.9. The smallest absolute Gasteiger partial charge is 0.292 e. The van der Waals surface area contributed by atoms with E-state index < -0.39 is 0 Å². The average molecular weight is 329 g/mol. The molecule has 0 saturated carbocycles. The summed E-state index contributed by atoms with van der Waals surface area (Å²) >= 11 is 6.04. The van der Waals surface area contributed by atoms with E-state index in [9.17, 15) is 4.79 Å². The SMILES string of the molecule is COc1ccccc1-c1[nH][nH]c(=O)c1N=Nc1ccccc1Cl. The van der Waals surface area contributed by atoms with Crippen molar-refractivity contribution in [2.45, 2.75) is 0 Å². The first-order chi connectivity index (χ1) is 11.2.